The Bertz CT molecular complexity index is 216. The van der Waals surface area contributed by atoms with Gasteiger partial charge >= 0.3 is 0 Å². The molecule has 5 atom stereocenters. The van der Waals surface area contributed by atoms with E-state index in [2.05, 4.69) is 0 Å². The predicted octanol–water partition coefficient (Wildman–Crippen LogP) is -0.368. The third kappa shape index (κ3) is 2.55. The Kier molecular flexibility index (Phi) is 4.16. The van der Waals surface area contributed by atoms with E-state index >= 15 is 0 Å². The molecule has 2 rings (SSSR count). The molecule has 2 fully saturated rings. The number of ether oxygens (including phenoxy) is 2. The zero-order chi connectivity index (χ0) is 11.5. The van der Waals surface area contributed by atoms with Crippen LogP contribution in [-0.4, -0.2) is 53.1 Å². The van der Waals surface area contributed by atoms with Crippen LogP contribution in [0.1, 0.15) is 25.7 Å². The fourth-order valence-corrected chi connectivity index (χ4v) is 2.41. The van der Waals surface area contributed by atoms with Crippen LogP contribution in [0.25, 0.3) is 0 Å². The van der Waals surface area contributed by atoms with E-state index in [-0.39, 0.29) is 18.8 Å². The van der Waals surface area contributed by atoms with Crippen LogP contribution in [0.15, 0.2) is 0 Å². The third-order valence-corrected chi connectivity index (χ3v) is 3.45. The van der Waals surface area contributed by atoms with Crippen molar-refractivity contribution in [2.45, 2.75) is 50.3 Å². The molecule has 0 bridgehead atoms. The van der Waals surface area contributed by atoms with Gasteiger partial charge in [-0.2, -0.15) is 0 Å². The average Bonchev–Trinajstić information content (AvgIpc) is 2.58. The quantitative estimate of drug-likeness (QED) is 0.619. The molecule has 0 aromatic carbocycles. The lowest BCUT2D eigenvalue weighted by Gasteiger charge is -2.27. The summed E-state index contributed by atoms with van der Waals surface area (Å²) in [5, 5.41) is 28.4. The minimum atomic E-state index is -0.914. The summed E-state index contributed by atoms with van der Waals surface area (Å²) in [6.07, 6.45) is 0.950. The lowest BCUT2D eigenvalue weighted by molar-refractivity contribution is -0.205. The lowest BCUT2D eigenvalue weighted by Crippen LogP contribution is -2.36. The Hall–Kier alpha value is -0.200. The summed E-state index contributed by atoms with van der Waals surface area (Å²) in [5.74, 6) is -0.288. The van der Waals surface area contributed by atoms with Gasteiger partial charge in [0.2, 0.25) is 0 Å². The standard InChI is InChI=1S/C11H20O5/c12-6-7-5-8(11(14)10(7)13)16-9-3-1-2-4-15-9/h7-14H,1-6H2/t7-,8-,9?,10-,11?/m1/s1. The van der Waals surface area contributed by atoms with Gasteiger partial charge in [-0.25, -0.2) is 0 Å². The maximum atomic E-state index is 9.75. The summed E-state index contributed by atoms with van der Waals surface area (Å²) in [6.45, 7) is 0.572. The largest absolute Gasteiger partial charge is 0.396 e. The van der Waals surface area contributed by atoms with Crippen molar-refractivity contribution < 1.29 is 24.8 Å². The Labute approximate surface area is 95.0 Å². The van der Waals surface area contributed by atoms with E-state index in [1.807, 2.05) is 0 Å². The Morgan fingerprint density at radius 1 is 1.19 bits per heavy atom. The molecule has 94 valence electrons. The lowest BCUT2D eigenvalue weighted by atomic mass is 10.1. The van der Waals surface area contributed by atoms with Gasteiger partial charge in [0.15, 0.2) is 6.29 Å². The fraction of sp³-hybridized carbons (Fsp3) is 1.00. The molecular weight excluding hydrogens is 212 g/mol. The second-order valence-corrected chi connectivity index (χ2v) is 4.63. The first-order valence-corrected chi connectivity index (χ1v) is 5.96. The monoisotopic (exact) mass is 232 g/mol. The van der Waals surface area contributed by atoms with E-state index < -0.39 is 18.3 Å². The maximum Gasteiger partial charge on any atom is 0.158 e. The van der Waals surface area contributed by atoms with Gasteiger partial charge in [-0.3, -0.25) is 0 Å². The summed E-state index contributed by atoms with van der Waals surface area (Å²) in [6, 6.07) is 0. The Morgan fingerprint density at radius 2 is 2.00 bits per heavy atom. The van der Waals surface area contributed by atoms with Crippen LogP contribution in [0, 0.1) is 5.92 Å². The van der Waals surface area contributed by atoms with Crippen molar-refractivity contribution in [1.82, 2.24) is 0 Å². The highest BCUT2D eigenvalue weighted by Gasteiger charge is 2.42. The number of hydrogen-bond acceptors (Lipinski definition) is 5. The van der Waals surface area contributed by atoms with Crippen molar-refractivity contribution in [1.29, 1.82) is 0 Å². The van der Waals surface area contributed by atoms with Gasteiger partial charge in [0.05, 0.1) is 12.2 Å². The maximum absolute atomic E-state index is 9.75. The summed E-state index contributed by atoms with van der Waals surface area (Å²) < 4.78 is 11.0. The van der Waals surface area contributed by atoms with Gasteiger partial charge in [-0.05, 0) is 25.7 Å². The highest BCUT2D eigenvalue weighted by atomic mass is 16.7. The molecule has 0 radical (unpaired) electrons. The molecule has 0 amide bonds. The first kappa shape index (κ1) is 12.3. The van der Waals surface area contributed by atoms with Crippen LogP contribution < -0.4 is 0 Å². The zero-order valence-corrected chi connectivity index (χ0v) is 9.29. The van der Waals surface area contributed by atoms with Crippen molar-refractivity contribution in [3.63, 3.8) is 0 Å². The van der Waals surface area contributed by atoms with E-state index in [0.29, 0.717) is 13.0 Å². The summed E-state index contributed by atoms with van der Waals surface area (Å²) in [4.78, 5) is 0. The molecule has 1 aliphatic carbocycles. The molecule has 2 aliphatic rings. The molecule has 0 aromatic rings. The van der Waals surface area contributed by atoms with Crippen molar-refractivity contribution in [3.05, 3.63) is 0 Å². The molecule has 16 heavy (non-hydrogen) atoms. The van der Waals surface area contributed by atoms with Crippen molar-refractivity contribution >= 4 is 0 Å². The molecule has 1 saturated carbocycles. The van der Waals surface area contributed by atoms with Crippen molar-refractivity contribution in [3.8, 4) is 0 Å². The molecule has 2 unspecified atom stereocenters. The summed E-state index contributed by atoms with van der Waals surface area (Å²) in [5.41, 5.74) is 0. The van der Waals surface area contributed by atoms with Gasteiger partial charge in [0.1, 0.15) is 6.10 Å². The molecule has 5 nitrogen and oxygen atoms in total. The predicted molar refractivity (Wildman–Crippen MR) is 55.7 cm³/mol. The van der Waals surface area contributed by atoms with Gasteiger partial charge in [0, 0.05) is 19.1 Å². The van der Waals surface area contributed by atoms with Crippen LogP contribution in [0.5, 0.6) is 0 Å². The molecule has 1 saturated heterocycles. The van der Waals surface area contributed by atoms with Crippen LogP contribution >= 0.6 is 0 Å². The summed E-state index contributed by atoms with van der Waals surface area (Å²) >= 11 is 0. The second-order valence-electron chi connectivity index (χ2n) is 4.63. The molecule has 1 heterocycles. The van der Waals surface area contributed by atoms with Crippen LogP contribution in [0.4, 0.5) is 0 Å². The number of aliphatic hydroxyl groups excluding tert-OH is 3. The Morgan fingerprint density at radius 3 is 2.56 bits per heavy atom. The van der Waals surface area contributed by atoms with Gasteiger partial charge in [-0.15, -0.1) is 0 Å². The molecule has 5 heteroatoms. The van der Waals surface area contributed by atoms with E-state index in [4.69, 9.17) is 14.6 Å². The van der Waals surface area contributed by atoms with E-state index in [1.165, 1.54) is 0 Å². The molecule has 3 N–H and O–H groups in total. The normalized spacial score (nSPS) is 44.8. The zero-order valence-electron chi connectivity index (χ0n) is 9.29. The third-order valence-electron chi connectivity index (χ3n) is 3.45. The van der Waals surface area contributed by atoms with E-state index in [9.17, 15) is 10.2 Å². The first-order chi connectivity index (χ1) is 7.72. The smallest absolute Gasteiger partial charge is 0.158 e. The average molecular weight is 232 g/mol. The van der Waals surface area contributed by atoms with Crippen LogP contribution in [-0.2, 0) is 9.47 Å². The molecule has 0 aromatic heterocycles. The Balaban J connectivity index is 1.85. The minimum absolute atomic E-state index is 0.121. The van der Waals surface area contributed by atoms with Crippen molar-refractivity contribution in [2.24, 2.45) is 5.92 Å². The number of hydrogen-bond donors (Lipinski definition) is 3. The molecule has 1 aliphatic heterocycles. The molecule has 0 spiro atoms. The summed E-state index contributed by atoms with van der Waals surface area (Å²) in [7, 11) is 0. The SMILES string of the molecule is OC[C@H]1C[C@@H](OC2CCCCO2)C(O)[C@@H]1O. The van der Waals surface area contributed by atoms with Gasteiger partial charge in [0.25, 0.3) is 0 Å². The van der Waals surface area contributed by atoms with Crippen LogP contribution in [0.3, 0.4) is 0 Å². The number of rotatable bonds is 3. The van der Waals surface area contributed by atoms with Gasteiger partial charge in [-0.1, -0.05) is 0 Å². The topological polar surface area (TPSA) is 79.2 Å². The number of aliphatic hydroxyl groups is 3. The second kappa shape index (κ2) is 5.42. The first-order valence-electron chi connectivity index (χ1n) is 5.96. The minimum Gasteiger partial charge on any atom is -0.396 e. The molecular formula is C11H20O5. The van der Waals surface area contributed by atoms with Gasteiger partial charge < -0.3 is 24.8 Å². The fourth-order valence-electron chi connectivity index (χ4n) is 2.41. The highest BCUT2D eigenvalue weighted by molar-refractivity contribution is 4.92. The van der Waals surface area contributed by atoms with Crippen LogP contribution in [0.2, 0.25) is 0 Å². The van der Waals surface area contributed by atoms with E-state index in [1.54, 1.807) is 0 Å². The highest BCUT2D eigenvalue weighted by Crippen LogP contribution is 2.30. The van der Waals surface area contributed by atoms with E-state index in [0.717, 1.165) is 19.3 Å². The van der Waals surface area contributed by atoms with Crippen molar-refractivity contribution in [2.75, 3.05) is 13.2 Å².